The molecule has 2 unspecified atom stereocenters. The van der Waals surface area contributed by atoms with Gasteiger partial charge in [-0.25, -0.2) is 9.97 Å². The molecule has 45 heavy (non-hydrogen) atoms. The maximum absolute atomic E-state index is 5.54. The second-order valence-electron chi connectivity index (χ2n) is 11.0. The van der Waals surface area contributed by atoms with Gasteiger partial charge in [-0.1, -0.05) is 30.3 Å². The average molecular weight is 624 g/mol. The Morgan fingerprint density at radius 1 is 0.711 bits per heavy atom. The highest BCUT2D eigenvalue weighted by Gasteiger charge is 2.22. The van der Waals surface area contributed by atoms with Gasteiger partial charge in [0.05, 0.1) is 25.9 Å². The molecule has 3 aliphatic heterocycles. The van der Waals surface area contributed by atoms with E-state index in [4.69, 9.17) is 23.7 Å². The third-order valence-electron chi connectivity index (χ3n) is 7.15. The van der Waals surface area contributed by atoms with Crippen LogP contribution < -0.4 is 20.7 Å². The number of aryl methyl sites for hydroxylation is 2. The van der Waals surface area contributed by atoms with E-state index in [2.05, 4.69) is 25.9 Å². The van der Waals surface area contributed by atoms with Gasteiger partial charge in [0, 0.05) is 25.4 Å². The van der Waals surface area contributed by atoms with Gasteiger partial charge < -0.3 is 39.6 Å². The van der Waals surface area contributed by atoms with Crippen molar-refractivity contribution >= 4 is 11.6 Å². The summed E-state index contributed by atoms with van der Waals surface area (Å²) in [5, 5.41) is 9.39. The number of epoxide rings is 1. The summed E-state index contributed by atoms with van der Waals surface area (Å²) in [5.74, 6) is 2.64. The zero-order valence-corrected chi connectivity index (χ0v) is 27.5. The van der Waals surface area contributed by atoms with Gasteiger partial charge >= 0.3 is 0 Å². The van der Waals surface area contributed by atoms with E-state index in [-0.39, 0.29) is 6.29 Å². The van der Waals surface area contributed by atoms with E-state index in [1.165, 1.54) is 25.7 Å². The number of rotatable bonds is 11. The largest absolute Gasteiger partial charge is 0.491 e. The number of hydrogen-bond donors (Lipinski definition) is 3. The Balaban J connectivity index is 0.000000167. The van der Waals surface area contributed by atoms with E-state index < -0.39 is 0 Å². The fourth-order valence-corrected chi connectivity index (χ4v) is 4.39. The molecule has 3 fully saturated rings. The van der Waals surface area contributed by atoms with Gasteiger partial charge in [0.1, 0.15) is 30.1 Å². The molecule has 0 radical (unpaired) electrons. The van der Waals surface area contributed by atoms with E-state index in [1.54, 1.807) is 12.4 Å². The number of aromatic nitrogens is 2. The van der Waals surface area contributed by atoms with Crippen LogP contribution in [-0.2, 0) is 18.9 Å². The Morgan fingerprint density at radius 3 is 1.87 bits per heavy atom. The summed E-state index contributed by atoms with van der Waals surface area (Å²) in [6.07, 6.45) is 10.5. The number of nitrogens with zero attached hydrogens (tertiary/aromatic N) is 2. The van der Waals surface area contributed by atoms with Gasteiger partial charge in [-0.15, -0.1) is 0 Å². The number of pyridine rings is 2. The van der Waals surface area contributed by atoms with E-state index in [9.17, 15) is 0 Å². The van der Waals surface area contributed by atoms with E-state index in [1.807, 2.05) is 82.5 Å². The monoisotopic (exact) mass is 623 g/mol. The molecule has 2 atom stereocenters. The Bertz CT molecular complexity index is 1110. The maximum atomic E-state index is 5.54. The molecular formula is C35H53N5O5. The summed E-state index contributed by atoms with van der Waals surface area (Å²) in [6, 6.07) is 17.7. The lowest BCUT2D eigenvalue weighted by molar-refractivity contribution is -0.0456. The van der Waals surface area contributed by atoms with E-state index >= 15 is 0 Å². The third-order valence-corrected chi connectivity index (χ3v) is 7.15. The average Bonchev–Trinajstić information content (AvgIpc) is 3.77. The Morgan fingerprint density at radius 2 is 1.33 bits per heavy atom. The fraction of sp³-hybridized carbons (Fsp3) is 0.543. The molecule has 0 spiro atoms. The van der Waals surface area contributed by atoms with Crippen LogP contribution in [0.5, 0.6) is 5.75 Å². The quantitative estimate of drug-likeness (QED) is 0.239. The zero-order chi connectivity index (χ0) is 32.0. The minimum atomic E-state index is 0.0532. The molecule has 0 amide bonds. The van der Waals surface area contributed by atoms with Crippen LogP contribution in [0, 0.1) is 13.8 Å². The number of ether oxygens (including phenoxy) is 5. The molecule has 3 aliphatic rings. The van der Waals surface area contributed by atoms with Crippen molar-refractivity contribution in [2.24, 2.45) is 0 Å². The smallest absolute Gasteiger partial charge is 0.159 e. The summed E-state index contributed by atoms with van der Waals surface area (Å²) in [6.45, 7) is 10.1. The van der Waals surface area contributed by atoms with Gasteiger partial charge in [0.2, 0.25) is 0 Å². The molecule has 6 rings (SSSR count). The number of hydrogen-bond acceptors (Lipinski definition) is 10. The van der Waals surface area contributed by atoms with Crippen LogP contribution >= 0.6 is 0 Å². The molecule has 3 saturated heterocycles. The Labute approximate surface area is 269 Å². The first-order chi connectivity index (χ1) is 22.1. The van der Waals surface area contributed by atoms with E-state index in [0.717, 1.165) is 74.5 Å². The fourth-order valence-electron chi connectivity index (χ4n) is 4.39. The van der Waals surface area contributed by atoms with Crippen molar-refractivity contribution in [1.29, 1.82) is 0 Å². The molecule has 2 aromatic heterocycles. The van der Waals surface area contributed by atoms with Crippen molar-refractivity contribution in [2.45, 2.75) is 64.4 Å². The predicted molar refractivity (Wildman–Crippen MR) is 179 cm³/mol. The lowest BCUT2D eigenvalue weighted by Crippen LogP contribution is -2.23. The van der Waals surface area contributed by atoms with Gasteiger partial charge in [-0.3, -0.25) is 0 Å². The van der Waals surface area contributed by atoms with Gasteiger partial charge in [-0.05, 0) is 102 Å². The Hall–Kier alpha value is -3.12. The Kier molecular flexibility index (Phi) is 18.1. The van der Waals surface area contributed by atoms with Crippen LogP contribution in [0.15, 0.2) is 67.0 Å². The molecule has 0 saturated carbocycles. The number of anilines is 2. The summed E-state index contributed by atoms with van der Waals surface area (Å²) < 4.78 is 26.3. The molecule has 3 aromatic rings. The highest BCUT2D eigenvalue weighted by Crippen LogP contribution is 2.18. The summed E-state index contributed by atoms with van der Waals surface area (Å²) >= 11 is 0. The van der Waals surface area contributed by atoms with Gasteiger partial charge in [0.25, 0.3) is 0 Å². The normalized spacial score (nSPS) is 18.7. The molecule has 0 bridgehead atoms. The number of benzene rings is 1. The van der Waals surface area contributed by atoms with Crippen molar-refractivity contribution < 1.29 is 23.7 Å². The highest BCUT2D eigenvalue weighted by molar-refractivity contribution is 5.58. The lowest BCUT2D eigenvalue weighted by atomic mass is 10.1. The molecule has 1 aromatic carbocycles. The molecular weight excluding hydrogens is 570 g/mol. The van der Waals surface area contributed by atoms with Gasteiger partial charge in [-0.2, -0.15) is 0 Å². The summed E-state index contributed by atoms with van der Waals surface area (Å²) in [5.41, 5.74) is 2.23. The highest BCUT2D eigenvalue weighted by atomic mass is 16.7. The first-order valence-electron chi connectivity index (χ1n) is 16.1. The van der Waals surface area contributed by atoms with Crippen LogP contribution in [0.3, 0.4) is 0 Å². The number of para-hydroxylation sites is 1. The van der Waals surface area contributed by atoms with Crippen molar-refractivity contribution in [3.8, 4) is 5.75 Å². The number of nitrogens with one attached hydrogen (secondary N) is 3. The van der Waals surface area contributed by atoms with Crippen LogP contribution in [0.4, 0.5) is 11.6 Å². The topological polar surface area (TPSA) is 111 Å². The van der Waals surface area contributed by atoms with E-state index in [0.29, 0.717) is 18.8 Å². The molecule has 5 heterocycles. The second-order valence-corrected chi connectivity index (χ2v) is 11.0. The molecule has 248 valence electrons. The van der Waals surface area contributed by atoms with Crippen LogP contribution in [0.2, 0.25) is 0 Å². The van der Waals surface area contributed by atoms with Crippen molar-refractivity contribution in [2.75, 3.05) is 65.5 Å². The van der Waals surface area contributed by atoms with Crippen LogP contribution in [0.1, 0.15) is 43.2 Å². The molecule has 10 heteroatoms. The second kappa shape index (κ2) is 22.4. The minimum absolute atomic E-state index is 0.0532. The standard InChI is InChI=1S/C12H13N3.C9H10O2.C8H17NO.C6H13NO2/c1-9-5-3-7-13-11(9)15-12-10(2)6-4-8-14-12;1-2-4-8(5-3-1)10-6-9-7-11-9;1-9-6-5-8-4-2-3-7-10-8;1-7-3-2-6-8-4-5-9-6/h3-8H,1-2H3,(H,13,14,15);1-5,9H,6-7H2;8-9H,2-7H2,1H3;6-7H,2-5H2,1H3. The lowest BCUT2D eigenvalue weighted by Gasteiger charge is -2.22. The zero-order valence-electron chi connectivity index (χ0n) is 27.5. The first kappa shape index (κ1) is 36.3. The predicted octanol–water partition coefficient (Wildman–Crippen LogP) is 5.44. The van der Waals surface area contributed by atoms with Crippen LogP contribution in [0.25, 0.3) is 0 Å². The maximum Gasteiger partial charge on any atom is 0.159 e. The summed E-state index contributed by atoms with van der Waals surface area (Å²) in [4.78, 5) is 8.53. The molecule has 3 N–H and O–H groups in total. The third kappa shape index (κ3) is 16.1. The molecule has 10 nitrogen and oxygen atoms in total. The van der Waals surface area contributed by atoms with Crippen molar-refractivity contribution in [1.82, 2.24) is 20.6 Å². The van der Waals surface area contributed by atoms with Gasteiger partial charge in [0.15, 0.2) is 6.29 Å². The van der Waals surface area contributed by atoms with Crippen LogP contribution in [-0.4, -0.2) is 88.7 Å². The minimum Gasteiger partial charge on any atom is -0.491 e. The SMILES string of the molecule is CNCCC1CCCCO1.CNCCC1OCCO1.Cc1cccnc1Nc1ncccc1C.c1ccc(OCC2CO2)cc1. The first-order valence-corrected chi connectivity index (χ1v) is 16.1. The van der Waals surface area contributed by atoms with Crippen molar-refractivity contribution in [3.63, 3.8) is 0 Å². The van der Waals surface area contributed by atoms with Crippen molar-refractivity contribution in [3.05, 3.63) is 78.1 Å². The summed E-state index contributed by atoms with van der Waals surface area (Å²) in [7, 11) is 3.91. The molecule has 0 aliphatic carbocycles.